The number of carbonyl (C=O) groups is 3. The Morgan fingerprint density at radius 2 is 1.80 bits per heavy atom. The van der Waals surface area contributed by atoms with Crippen LogP contribution in [-0.2, 0) is 14.3 Å². The molecule has 2 aromatic rings. The fourth-order valence-electron chi connectivity index (χ4n) is 3.51. The second-order valence-corrected chi connectivity index (χ2v) is 7.15. The molecule has 1 saturated heterocycles. The van der Waals surface area contributed by atoms with E-state index < -0.39 is 12.1 Å². The summed E-state index contributed by atoms with van der Waals surface area (Å²) in [6, 6.07) is 15.6. The van der Waals surface area contributed by atoms with E-state index in [1.54, 1.807) is 43.1 Å². The molecule has 1 atom stereocenters. The third kappa shape index (κ3) is 4.97. The molecule has 1 N–H and O–H groups in total. The predicted molar refractivity (Wildman–Crippen MR) is 115 cm³/mol. The number of likely N-dealkylation sites (tertiary alicyclic amines) is 1. The summed E-state index contributed by atoms with van der Waals surface area (Å²) in [7, 11) is 1.62. The second-order valence-electron chi connectivity index (χ2n) is 7.15. The lowest BCUT2D eigenvalue weighted by atomic mass is 10.0. The predicted octanol–water partition coefficient (Wildman–Crippen LogP) is 3.97. The van der Waals surface area contributed by atoms with Crippen molar-refractivity contribution in [2.24, 2.45) is 0 Å². The van der Waals surface area contributed by atoms with Gasteiger partial charge in [0.2, 0.25) is 5.91 Å². The van der Waals surface area contributed by atoms with E-state index in [0.29, 0.717) is 30.9 Å². The van der Waals surface area contributed by atoms with Gasteiger partial charge in [-0.3, -0.25) is 14.5 Å². The van der Waals surface area contributed by atoms with Gasteiger partial charge in [-0.15, -0.1) is 0 Å². The minimum absolute atomic E-state index is 0.00309. The summed E-state index contributed by atoms with van der Waals surface area (Å²) in [6.07, 6.45) is 1.76. The molecule has 30 heavy (non-hydrogen) atoms. The Kier molecular flexibility index (Phi) is 7.06. The van der Waals surface area contributed by atoms with Crippen LogP contribution in [0.2, 0.25) is 0 Å². The van der Waals surface area contributed by atoms with Crippen LogP contribution in [0.25, 0.3) is 0 Å². The van der Waals surface area contributed by atoms with Crippen molar-refractivity contribution in [3.05, 3.63) is 60.2 Å². The van der Waals surface area contributed by atoms with Crippen molar-refractivity contribution in [2.45, 2.75) is 32.2 Å². The lowest BCUT2D eigenvalue weighted by Crippen LogP contribution is -2.43. The molecule has 3 amide bonds. The molecule has 1 fully saturated rings. The van der Waals surface area contributed by atoms with Crippen LogP contribution in [0.15, 0.2) is 54.6 Å². The summed E-state index contributed by atoms with van der Waals surface area (Å²) in [4.78, 5) is 40.6. The zero-order chi connectivity index (χ0) is 21.5. The third-order valence-corrected chi connectivity index (χ3v) is 5.10. The first kappa shape index (κ1) is 21.4. The van der Waals surface area contributed by atoms with Gasteiger partial charge in [-0.1, -0.05) is 30.3 Å². The van der Waals surface area contributed by atoms with Gasteiger partial charge in [0, 0.05) is 31.4 Å². The second kappa shape index (κ2) is 9.91. The van der Waals surface area contributed by atoms with Crippen LogP contribution >= 0.6 is 0 Å². The number of anilines is 2. The molecule has 0 saturated carbocycles. The van der Waals surface area contributed by atoms with Gasteiger partial charge in [-0.05, 0) is 49.6 Å². The molecule has 1 aliphatic heterocycles. The van der Waals surface area contributed by atoms with E-state index in [1.807, 2.05) is 30.3 Å². The largest absolute Gasteiger partial charge is 0.449 e. The SMILES string of the molecule is CCOC(=O)N(C)c1ccc(NC(=O)C(c2ccccc2)N2CCCCC2=O)cc1. The van der Waals surface area contributed by atoms with E-state index >= 15 is 0 Å². The van der Waals surface area contributed by atoms with E-state index in [9.17, 15) is 14.4 Å². The Morgan fingerprint density at radius 3 is 2.43 bits per heavy atom. The van der Waals surface area contributed by atoms with E-state index in [1.165, 1.54) is 4.90 Å². The lowest BCUT2D eigenvalue weighted by molar-refractivity contribution is -0.141. The fourth-order valence-corrected chi connectivity index (χ4v) is 3.51. The first-order valence-corrected chi connectivity index (χ1v) is 10.2. The van der Waals surface area contributed by atoms with Gasteiger partial charge in [0.1, 0.15) is 6.04 Å². The molecule has 7 heteroatoms. The van der Waals surface area contributed by atoms with Crippen LogP contribution in [0.3, 0.4) is 0 Å². The topological polar surface area (TPSA) is 79.0 Å². The van der Waals surface area contributed by atoms with Gasteiger partial charge in [-0.2, -0.15) is 0 Å². The minimum Gasteiger partial charge on any atom is -0.449 e. The lowest BCUT2D eigenvalue weighted by Gasteiger charge is -2.34. The molecular weight excluding hydrogens is 382 g/mol. The maximum Gasteiger partial charge on any atom is 0.413 e. The van der Waals surface area contributed by atoms with E-state index in [-0.39, 0.29) is 11.8 Å². The quantitative estimate of drug-likeness (QED) is 0.783. The molecule has 2 aromatic carbocycles. The zero-order valence-electron chi connectivity index (χ0n) is 17.3. The summed E-state index contributed by atoms with van der Waals surface area (Å²) in [5, 5.41) is 2.91. The monoisotopic (exact) mass is 409 g/mol. The van der Waals surface area contributed by atoms with E-state index in [0.717, 1.165) is 18.4 Å². The standard InChI is InChI=1S/C23H27N3O4/c1-3-30-23(29)25(2)19-14-12-18(13-15-19)24-22(28)21(17-9-5-4-6-10-17)26-16-8-7-11-20(26)27/h4-6,9-10,12-15,21H,3,7-8,11,16H2,1-2H3,(H,24,28). The molecule has 0 spiro atoms. The highest BCUT2D eigenvalue weighted by atomic mass is 16.6. The number of hydrogen-bond acceptors (Lipinski definition) is 4. The summed E-state index contributed by atoms with van der Waals surface area (Å²) < 4.78 is 4.99. The molecule has 1 aliphatic rings. The van der Waals surface area contributed by atoms with Gasteiger partial charge in [0.25, 0.3) is 5.91 Å². The summed E-state index contributed by atoms with van der Waals surface area (Å²) in [5.74, 6) is -0.264. The summed E-state index contributed by atoms with van der Waals surface area (Å²) >= 11 is 0. The average Bonchev–Trinajstić information content (AvgIpc) is 2.76. The van der Waals surface area contributed by atoms with Gasteiger partial charge in [-0.25, -0.2) is 4.79 Å². The van der Waals surface area contributed by atoms with Crippen LogP contribution in [0.1, 0.15) is 37.8 Å². The van der Waals surface area contributed by atoms with Crippen molar-refractivity contribution in [1.29, 1.82) is 0 Å². The molecular formula is C23H27N3O4. The average molecular weight is 409 g/mol. The van der Waals surface area contributed by atoms with E-state index in [2.05, 4.69) is 5.32 Å². The number of benzene rings is 2. The fraction of sp³-hybridized carbons (Fsp3) is 0.348. The molecule has 158 valence electrons. The van der Waals surface area contributed by atoms with Crippen molar-refractivity contribution in [1.82, 2.24) is 4.90 Å². The number of nitrogens with zero attached hydrogens (tertiary/aromatic N) is 2. The van der Waals surface area contributed by atoms with Crippen molar-refractivity contribution in [3.63, 3.8) is 0 Å². The Labute approximate surface area is 176 Å². The van der Waals surface area contributed by atoms with Crippen LogP contribution in [0, 0.1) is 0 Å². The van der Waals surface area contributed by atoms with Crippen molar-refractivity contribution in [3.8, 4) is 0 Å². The highest BCUT2D eigenvalue weighted by molar-refractivity contribution is 5.98. The minimum atomic E-state index is -0.680. The maximum atomic E-state index is 13.2. The van der Waals surface area contributed by atoms with Crippen LogP contribution in [0.4, 0.5) is 16.2 Å². The number of rotatable bonds is 6. The van der Waals surface area contributed by atoms with Gasteiger partial charge < -0.3 is 15.0 Å². The Morgan fingerprint density at radius 1 is 1.10 bits per heavy atom. The molecule has 7 nitrogen and oxygen atoms in total. The smallest absolute Gasteiger partial charge is 0.413 e. The third-order valence-electron chi connectivity index (χ3n) is 5.10. The van der Waals surface area contributed by atoms with E-state index in [4.69, 9.17) is 4.74 Å². The first-order valence-electron chi connectivity index (χ1n) is 10.2. The molecule has 1 unspecified atom stereocenters. The highest BCUT2D eigenvalue weighted by Gasteiger charge is 2.32. The molecule has 0 radical (unpaired) electrons. The van der Waals surface area contributed by atoms with Crippen molar-refractivity contribution in [2.75, 3.05) is 30.4 Å². The molecule has 0 aromatic heterocycles. The molecule has 0 aliphatic carbocycles. The first-order chi connectivity index (χ1) is 14.5. The van der Waals surface area contributed by atoms with Crippen LogP contribution in [0.5, 0.6) is 0 Å². The number of nitrogens with one attached hydrogen (secondary N) is 1. The molecule has 0 bridgehead atoms. The molecule has 3 rings (SSSR count). The number of carbonyl (C=O) groups excluding carboxylic acids is 3. The number of hydrogen-bond donors (Lipinski definition) is 1. The Bertz CT molecular complexity index is 883. The Balaban J connectivity index is 1.77. The van der Waals surface area contributed by atoms with Crippen LogP contribution in [-0.4, -0.2) is 43.0 Å². The van der Waals surface area contributed by atoms with Gasteiger partial charge in [0.05, 0.1) is 6.61 Å². The number of amides is 3. The summed E-state index contributed by atoms with van der Waals surface area (Å²) in [6.45, 7) is 2.61. The normalized spacial score (nSPS) is 14.7. The number of ether oxygens (including phenoxy) is 1. The van der Waals surface area contributed by atoms with Gasteiger partial charge in [0.15, 0.2) is 0 Å². The molecule has 1 heterocycles. The summed E-state index contributed by atoms with van der Waals surface area (Å²) in [5.41, 5.74) is 2.02. The highest BCUT2D eigenvalue weighted by Crippen LogP contribution is 2.27. The van der Waals surface area contributed by atoms with Gasteiger partial charge >= 0.3 is 6.09 Å². The van der Waals surface area contributed by atoms with Crippen molar-refractivity contribution < 1.29 is 19.1 Å². The maximum absolute atomic E-state index is 13.2. The van der Waals surface area contributed by atoms with Crippen molar-refractivity contribution >= 4 is 29.3 Å². The Hall–Kier alpha value is -3.35. The zero-order valence-corrected chi connectivity index (χ0v) is 17.3. The van der Waals surface area contributed by atoms with Crippen LogP contribution < -0.4 is 10.2 Å². The number of piperidine rings is 1.